The molecular weight excluding hydrogens is 447 g/mol. The second-order valence-electron chi connectivity index (χ2n) is 7.25. The standard InChI is InChI=1S/C25H26F3N3O3/c1-3-33-21-12-7-17(16-22(21)34-4-2)13-15-30-24(32)20-6-5-14-29-23(20)31-19-10-8-18(9-11-19)25(26,27)28/h5-12,14,16H,3-4,13,15H2,1-2H3,(H,29,31)(H,30,32). The zero-order valence-corrected chi connectivity index (χ0v) is 18.9. The zero-order valence-electron chi connectivity index (χ0n) is 18.9. The molecule has 180 valence electrons. The van der Waals surface area contributed by atoms with E-state index in [0.29, 0.717) is 43.4 Å². The summed E-state index contributed by atoms with van der Waals surface area (Å²) in [6, 6.07) is 13.4. The average Bonchev–Trinajstić information content (AvgIpc) is 2.81. The number of rotatable bonds is 10. The number of carbonyl (C=O) groups is 1. The Morgan fingerprint density at radius 3 is 2.35 bits per heavy atom. The smallest absolute Gasteiger partial charge is 0.416 e. The molecule has 0 spiro atoms. The quantitative estimate of drug-likeness (QED) is 0.400. The second kappa shape index (κ2) is 11.4. The van der Waals surface area contributed by atoms with Gasteiger partial charge in [-0.3, -0.25) is 4.79 Å². The van der Waals surface area contributed by atoms with E-state index in [0.717, 1.165) is 17.7 Å². The Kier molecular flexibility index (Phi) is 8.34. The van der Waals surface area contributed by atoms with Crippen molar-refractivity contribution in [3.8, 4) is 11.5 Å². The molecule has 34 heavy (non-hydrogen) atoms. The number of hydrogen-bond donors (Lipinski definition) is 2. The molecule has 0 bridgehead atoms. The molecule has 3 rings (SSSR count). The van der Waals surface area contributed by atoms with Crippen LogP contribution in [0, 0.1) is 0 Å². The van der Waals surface area contributed by atoms with E-state index in [2.05, 4.69) is 15.6 Å². The first kappa shape index (κ1) is 24.9. The number of anilines is 2. The molecule has 2 N–H and O–H groups in total. The van der Waals surface area contributed by atoms with Crippen LogP contribution >= 0.6 is 0 Å². The summed E-state index contributed by atoms with van der Waals surface area (Å²) < 4.78 is 49.5. The van der Waals surface area contributed by atoms with Crippen molar-refractivity contribution in [2.24, 2.45) is 0 Å². The summed E-state index contributed by atoms with van der Waals surface area (Å²) in [5.74, 6) is 1.23. The molecule has 9 heteroatoms. The van der Waals surface area contributed by atoms with Gasteiger partial charge in [-0.1, -0.05) is 6.07 Å². The van der Waals surface area contributed by atoms with Crippen LogP contribution < -0.4 is 20.1 Å². The molecule has 0 fully saturated rings. The van der Waals surface area contributed by atoms with Gasteiger partial charge in [0, 0.05) is 18.4 Å². The van der Waals surface area contributed by atoms with Gasteiger partial charge in [0.1, 0.15) is 5.82 Å². The fourth-order valence-corrected chi connectivity index (χ4v) is 3.23. The summed E-state index contributed by atoms with van der Waals surface area (Å²) in [4.78, 5) is 16.9. The molecule has 0 aliphatic heterocycles. The van der Waals surface area contributed by atoms with Crippen LogP contribution in [0.2, 0.25) is 0 Å². The van der Waals surface area contributed by atoms with Gasteiger partial charge in [0.05, 0.1) is 24.3 Å². The maximum atomic E-state index is 12.8. The van der Waals surface area contributed by atoms with Crippen molar-refractivity contribution in [3.05, 3.63) is 77.5 Å². The summed E-state index contributed by atoms with van der Waals surface area (Å²) >= 11 is 0. The highest BCUT2D eigenvalue weighted by atomic mass is 19.4. The van der Waals surface area contributed by atoms with Gasteiger partial charge in [0.15, 0.2) is 11.5 Å². The lowest BCUT2D eigenvalue weighted by atomic mass is 10.1. The Morgan fingerprint density at radius 2 is 1.68 bits per heavy atom. The third-order valence-corrected chi connectivity index (χ3v) is 4.83. The normalized spacial score (nSPS) is 11.1. The molecule has 0 aliphatic carbocycles. The van der Waals surface area contributed by atoms with Crippen molar-refractivity contribution in [2.45, 2.75) is 26.4 Å². The highest BCUT2D eigenvalue weighted by Gasteiger charge is 2.30. The number of halogens is 3. The largest absolute Gasteiger partial charge is 0.490 e. The summed E-state index contributed by atoms with van der Waals surface area (Å²) in [5.41, 5.74) is 0.892. The first-order chi connectivity index (χ1) is 16.3. The highest BCUT2D eigenvalue weighted by Crippen LogP contribution is 2.31. The second-order valence-corrected chi connectivity index (χ2v) is 7.25. The van der Waals surface area contributed by atoms with Crippen LogP contribution in [0.4, 0.5) is 24.7 Å². The van der Waals surface area contributed by atoms with Crippen LogP contribution in [0.3, 0.4) is 0 Å². The van der Waals surface area contributed by atoms with E-state index in [-0.39, 0.29) is 17.3 Å². The summed E-state index contributed by atoms with van der Waals surface area (Å²) in [5, 5.41) is 5.76. The SMILES string of the molecule is CCOc1ccc(CCNC(=O)c2cccnc2Nc2ccc(C(F)(F)F)cc2)cc1OCC. The average molecular weight is 473 g/mol. The monoisotopic (exact) mass is 473 g/mol. The third kappa shape index (κ3) is 6.63. The van der Waals surface area contributed by atoms with Crippen LogP contribution in [0.5, 0.6) is 11.5 Å². The molecule has 2 aromatic carbocycles. The molecule has 3 aromatic rings. The Bertz CT molecular complexity index is 1100. The number of nitrogens with one attached hydrogen (secondary N) is 2. The first-order valence-corrected chi connectivity index (χ1v) is 10.9. The van der Waals surface area contributed by atoms with E-state index in [4.69, 9.17) is 9.47 Å². The van der Waals surface area contributed by atoms with Crippen LogP contribution in [-0.4, -0.2) is 30.6 Å². The Morgan fingerprint density at radius 1 is 0.971 bits per heavy atom. The highest BCUT2D eigenvalue weighted by molar-refractivity contribution is 5.99. The minimum atomic E-state index is -4.42. The summed E-state index contributed by atoms with van der Waals surface area (Å²) in [7, 11) is 0. The Labute approximate surface area is 196 Å². The van der Waals surface area contributed by atoms with E-state index in [1.165, 1.54) is 18.3 Å². The number of alkyl halides is 3. The van der Waals surface area contributed by atoms with Crippen molar-refractivity contribution in [3.63, 3.8) is 0 Å². The van der Waals surface area contributed by atoms with Crippen molar-refractivity contribution < 1.29 is 27.4 Å². The van der Waals surface area contributed by atoms with Gasteiger partial charge in [0.25, 0.3) is 5.91 Å². The van der Waals surface area contributed by atoms with Crippen LogP contribution in [0.25, 0.3) is 0 Å². The minimum absolute atomic E-state index is 0.249. The maximum Gasteiger partial charge on any atom is 0.416 e. The maximum absolute atomic E-state index is 12.8. The molecule has 0 saturated carbocycles. The van der Waals surface area contributed by atoms with Gasteiger partial charge in [0.2, 0.25) is 0 Å². The van der Waals surface area contributed by atoms with Gasteiger partial charge < -0.3 is 20.1 Å². The number of pyridine rings is 1. The molecule has 0 saturated heterocycles. The van der Waals surface area contributed by atoms with Gasteiger partial charge >= 0.3 is 6.18 Å². The zero-order chi connectivity index (χ0) is 24.6. The Hall–Kier alpha value is -3.75. The van der Waals surface area contributed by atoms with E-state index in [1.54, 1.807) is 12.1 Å². The van der Waals surface area contributed by atoms with Crippen molar-refractivity contribution in [1.82, 2.24) is 10.3 Å². The van der Waals surface area contributed by atoms with Crippen LogP contribution in [0.15, 0.2) is 60.8 Å². The fourth-order valence-electron chi connectivity index (χ4n) is 3.23. The topological polar surface area (TPSA) is 72.5 Å². The predicted octanol–water partition coefficient (Wildman–Crippen LogP) is 5.61. The number of benzene rings is 2. The van der Waals surface area contributed by atoms with E-state index in [9.17, 15) is 18.0 Å². The van der Waals surface area contributed by atoms with Crippen LogP contribution in [0.1, 0.15) is 35.3 Å². The lowest BCUT2D eigenvalue weighted by Crippen LogP contribution is -2.26. The predicted molar refractivity (Wildman–Crippen MR) is 124 cm³/mol. The van der Waals surface area contributed by atoms with Gasteiger partial charge in [-0.25, -0.2) is 4.98 Å². The van der Waals surface area contributed by atoms with Crippen molar-refractivity contribution >= 4 is 17.4 Å². The van der Waals surface area contributed by atoms with E-state index < -0.39 is 11.7 Å². The van der Waals surface area contributed by atoms with Gasteiger partial charge in [-0.05, 0) is 74.4 Å². The molecular formula is C25H26F3N3O3. The van der Waals surface area contributed by atoms with Gasteiger partial charge in [-0.15, -0.1) is 0 Å². The number of hydrogen-bond acceptors (Lipinski definition) is 5. The molecule has 0 atom stereocenters. The number of amides is 1. The minimum Gasteiger partial charge on any atom is -0.490 e. The molecule has 0 aliphatic rings. The molecule has 1 heterocycles. The summed E-state index contributed by atoms with van der Waals surface area (Å²) in [6.45, 7) is 5.21. The summed E-state index contributed by atoms with van der Waals surface area (Å²) in [6.07, 6.45) is -2.35. The molecule has 1 amide bonds. The Balaban J connectivity index is 1.63. The third-order valence-electron chi connectivity index (χ3n) is 4.83. The molecule has 1 aromatic heterocycles. The van der Waals surface area contributed by atoms with Gasteiger partial charge in [-0.2, -0.15) is 13.2 Å². The lowest BCUT2D eigenvalue weighted by Gasteiger charge is -2.14. The first-order valence-electron chi connectivity index (χ1n) is 10.9. The lowest BCUT2D eigenvalue weighted by molar-refractivity contribution is -0.137. The van der Waals surface area contributed by atoms with Crippen molar-refractivity contribution in [1.29, 1.82) is 0 Å². The fraction of sp³-hybridized carbons (Fsp3) is 0.280. The van der Waals surface area contributed by atoms with E-state index >= 15 is 0 Å². The van der Waals surface area contributed by atoms with Crippen LogP contribution in [-0.2, 0) is 12.6 Å². The molecule has 0 radical (unpaired) electrons. The number of nitrogens with zero attached hydrogens (tertiary/aromatic N) is 1. The van der Waals surface area contributed by atoms with E-state index in [1.807, 2.05) is 32.0 Å². The molecule has 0 unspecified atom stereocenters. The number of carbonyl (C=O) groups excluding carboxylic acids is 1. The number of aromatic nitrogens is 1. The number of ether oxygens (including phenoxy) is 2. The molecule has 6 nitrogen and oxygen atoms in total. The van der Waals surface area contributed by atoms with Crippen molar-refractivity contribution in [2.75, 3.05) is 25.1 Å².